The smallest absolute Gasteiger partial charge is 0.243 e. The Bertz CT molecular complexity index is 1180. The van der Waals surface area contributed by atoms with Crippen LogP contribution in [0.15, 0.2) is 78.9 Å². The summed E-state index contributed by atoms with van der Waals surface area (Å²) in [4.78, 5) is 29.2. The van der Waals surface area contributed by atoms with Gasteiger partial charge in [0.25, 0.3) is 0 Å². The van der Waals surface area contributed by atoms with Crippen LogP contribution in [0, 0.1) is 0 Å². The molecule has 0 unspecified atom stereocenters. The number of carbonyl (C=O) groups is 2. The molecule has 3 aromatic rings. The van der Waals surface area contributed by atoms with Crippen LogP contribution in [-0.2, 0) is 22.6 Å². The Morgan fingerprint density at radius 3 is 2.26 bits per heavy atom. The maximum Gasteiger partial charge on any atom is 0.243 e. The lowest BCUT2D eigenvalue weighted by atomic mass is 10.0. The second kappa shape index (κ2) is 14.6. The van der Waals surface area contributed by atoms with Gasteiger partial charge in [0.05, 0.1) is 13.7 Å². The van der Waals surface area contributed by atoms with Gasteiger partial charge in [0, 0.05) is 30.5 Å². The summed E-state index contributed by atoms with van der Waals surface area (Å²) < 4.78 is 11.0. The zero-order valence-electron chi connectivity index (χ0n) is 22.5. The molecule has 0 aliphatic heterocycles. The number of amides is 2. The predicted molar refractivity (Wildman–Crippen MR) is 154 cm³/mol. The van der Waals surface area contributed by atoms with E-state index >= 15 is 0 Å². The predicted octanol–water partition coefficient (Wildman–Crippen LogP) is 6.21. The second-order valence-corrected chi connectivity index (χ2v) is 10.4. The Balaban J connectivity index is 1.49. The van der Waals surface area contributed by atoms with Gasteiger partial charge < -0.3 is 19.7 Å². The third kappa shape index (κ3) is 8.75. The third-order valence-corrected chi connectivity index (χ3v) is 7.35. The lowest BCUT2D eigenvalue weighted by molar-refractivity contribution is -0.141. The van der Waals surface area contributed by atoms with E-state index in [4.69, 9.17) is 21.1 Å². The molecular weight excluding hydrogens is 512 g/mol. The van der Waals surface area contributed by atoms with Gasteiger partial charge in [-0.1, -0.05) is 66.9 Å². The Labute approximate surface area is 236 Å². The molecule has 3 aromatic carbocycles. The maximum atomic E-state index is 13.7. The molecule has 1 saturated carbocycles. The highest BCUT2D eigenvalue weighted by molar-refractivity contribution is 6.30. The van der Waals surface area contributed by atoms with Crippen LogP contribution < -0.4 is 14.8 Å². The van der Waals surface area contributed by atoms with Crippen molar-refractivity contribution >= 4 is 23.4 Å². The van der Waals surface area contributed by atoms with Gasteiger partial charge in [-0.05, 0) is 66.8 Å². The highest BCUT2D eigenvalue weighted by Gasteiger charge is 2.32. The first-order valence-electron chi connectivity index (χ1n) is 13.7. The molecule has 1 N–H and O–H groups in total. The molecular formula is C32H37ClN2O4. The minimum absolute atomic E-state index is 0.0780. The van der Waals surface area contributed by atoms with Crippen LogP contribution in [0.25, 0.3) is 0 Å². The number of nitrogens with one attached hydrogen (secondary N) is 1. The summed E-state index contributed by atoms with van der Waals surface area (Å²) in [5, 5.41) is 3.87. The van der Waals surface area contributed by atoms with E-state index in [0.717, 1.165) is 48.3 Å². The molecule has 7 heteroatoms. The largest absolute Gasteiger partial charge is 0.497 e. The van der Waals surface area contributed by atoms with Crippen LogP contribution in [0.3, 0.4) is 0 Å². The van der Waals surface area contributed by atoms with Crippen molar-refractivity contribution in [3.63, 3.8) is 0 Å². The number of rotatable bonds is 13. The SMILES string of the molecule is COc1ccc(OCCCC(=O)N(Cc2ccc(Cl)cc2)[C@@H](Cc2ccccc2)C(=O)NC2CCCC2)cc1. The summed E-state index contributed by atoms with van der Waals surface area (Å²) in [5.41, 5.74) is 1.94. The van der Waals surface area contributed by atoms with E-state index in [-0.39, 0.29) is 24.3 Å². The summed E-state index contributed by atoms with van der Waals surface area (Å²) in [6.07, 6.45) is 5.46. The molecule has 0 bridgehead atoms. The molecule has 1 aliphatic carbocycles. The molecule has 206 valence electrons. The van der Waals surface area contributed by atoms with Gasteiger partial charge >= 0.3 is 0 Å². The quantitative estimate of drug-likeness (QED) is 0.258. The Hall–Kier alpha value is -3.51. The van der Waals surface area contributed by atoms with Crippen molar-refractivity contribution < 1.29 is 19.1 Å². The van der Waals surface area contributed by atoms with Gasteiger partial charge in [0.2, 0.25) is 11.8 Å². The molecule has 2 amide bonds. The topological polar surface area (TPSA) is 67.9 Å². The van der Waals surface area contributed by atoms with Crippen LogP contribution in [0.2, 0.25) is 5.02 Å². The standard InChI is InChI=1S/C32H37ClN2O4/c1-38-28-17-19-29(20-18-28)39-21-7-12-31(36)35(23-25-13-15-26(33)16-14-25)30(22-24-8-3-2-4-9-24)32(37)34-27-10-5-6-11-27/h2-4,8-9,13-20,27,30H,5-7,10-12,21-23H2,1H3,(H,34,37)/t30-/m0/s1. The summed E-state index contributed by atoms with van der Waals surface area (Å²) >= 11 is 6.11. The molecule has 0 saturated heterocycles. The first-order valence-corrected chi connectivity index (χ1v) is 14.0. The molecule has 39 heavy (non-hydrogen) atoms. The average Bonchev–Trinajstić information content (AvgIpc) is 3.48. The van der Waals surface area contributed by atoms with Gasteiger partial charge in [0.15, 0.2) is 0 Å². The van der Waals surface area contributed by atoms with Crippen LogP contribution in [0.4, 0.5) is 0 Å². The number of nitrogens with zero attached hydrogens (tertiary/aromatic N) is 1. The normalized spacial score (nSPS) is 14.0. The minimum Gasteiger partial charge on any atom is -0.497 e. The van der Waals surface area contributed by atoms with Crippen molar-refractivity contribution in [3.8, 4) is 11.5 Å². The zero-order chi connectivity index (χ0) is 27.5. The first kappa shape index (κ1) is 28.5. The van der Waals surface area contributed by atoms with E-state index in [1.807, 2.05) is 78.9 Å². The monoisotopic (exact) mass is 548 g/mol. The third-order valence-electron chi connectivity index (χ3n) is 7.10. The fraction of sp³-hybridized carbons (Fsp3) is 0.375. The van der Waals surface area contributed by atoms with Crippen molar-refractivity contribution in [1.82, 2.24) is 10.2 Å². The number of carbonyl (C=O) groups excluding carboxylic acids is 2. The summed E-state index contributed by atoms with van der Waals surface area (Å²) in [6, 6.07) is 24.2. The Morgan fingerprint density at radius 2 is 1.59 bits per heavy atom. The molecule has 0 heterocycles. The van der Waals surface area contributed by atoms with Crippen molar-refractivity contribution in [2.24, 2.45) is 0 Å². The molecule has 4 rings (SSSR count). The van der Waals surface area contributed by atoms with Crippen LogP contribution in [-0.4, -0.2) is 42.5 Å². The summed E-state index contributed by atoms with van der Waals surface area (Å²) in [7, 11) is 1.62. The Kier molecular flexibility index (Phi) is 10.7. The van der Waals surface area contributed by atoms with Crippen LogP contribution in [0.1, 0.15) is 49.7 Å². The molecule has 6 nitrogen and oxygen atoms in total. The highest BCUT2D eigenvalue weighted by atomic mass is 35.5. The second-order valence-electron chi connectivity index (χ2n) is 9.97. The lowest BCUT2D eigenvalue weighted by Crippen LogP contribution is -2.52. The molecule has 1 aliphatic rings. The van der Waals surface area contributed by atoms with E-state index in [1.165, 1.54) is 0 Å². The van der Waals surface area contributed by atoms with Crippen molar-refractivity contribution in [2.45, 2.75) is 63.6 Å². The average molecular weight is 549 g/mol. The number of ether oxygens (including phenoxy) is 2. The summed E-state index contributed by atoms with van der Waals surface area (Å²) in [6.45, 7) is 0.718. The highest BCUT2D eigenvalue weighted by Crippen LogP contribution is 2.22. The first-order chi connectivity index (χ1) is 19.0. The van der Waals surface area contributed by atoms with Gasteiger partial charge in [0.1, 0.15) is 17.5 Å². The summed E-state index contributed by atoms with van der Waals surface area (Å²) in [5.74, 6) is 1.31. The molecule has 0 aromatic heterocycles. The van der Waals surface area contributed by atoms with E-state index in [1.54, 1.807) is 12.0 Å². The van der Waals surface area contributed by atoms with Crippen molar-refractivity contribution in [1.29, 1.82) is 0 Å². The molecule has 0 radical (unpaired) electrons. The Morgan fingerprint density at radius 1 is 0.923 bits per heavy atom. The van der Waals surface area contributed by atoms with Gasteiger partial charge in [-0.2, -0.15) is 0 Å². The number of halogens is 1. The van der Waals surface area contributed by atoms with E-state index in [9.17, 15) is 9.59 Å². The number of hydrogen-bond acceptors (Lipinski definition) is 4. The molecule has 0 spiro atoms. The van der Waals surface area contributed by atoms with Crippen LogP contribution >= 0.6 is 11.6 Å². The maximum absolute atomic E-state index is 13.7. The van der Waals surface area contributed by atoms with E-state index in [2.05, 4.69) is 5.32 Å². The van der Waals surface area contributed by atoms with Gasteiger partial charge in [-0.15, -0.1) is 0 Å². The number of hydrogen-bond donors (Lipinski definition) is 1. The number of methoxy groups -OCH3 is 1. The van der Waals surface area contributed by atoms with Gasteiger partial charge in [-0.3, -0.25) is 9.59 Å². The minimum atomic E-state index is -0.626. The van der Waals surface area contributed by atoms with Crippen molar-refractivity contribution in [3.05, 3.63) is 95.0 Å². The molecule has 1 atom stereocenters. The number of benzene rings is 3. The lowest BCUT2D eigenvalue weighted by Gasteiger charge is -2.32. The van der Waals surface area contributed by atoms with E-state index < -0.39 is 6.04 Å². The molecule has 1 fully saturated rings. The fourth-order valence-corrected chi connectivity index (χ4v) is 5.06. The van der Waals surface area contributed by atoms with E-state index in [0.29, 0.717) is 31.0 Å². The van der Waals surface area contributed by atoms with Crippen LogP contribution in [0.5, 0.6) is 11.5 Å². The fourth-order valence-electron chi connectivity index (χ4n) is 4.94. The zero-order valence-corrected chi connectivity index (χ0v) is 23.2. The van der Waals surface area contributed by atoms with Gasteiger partial charge in [-0.25, -0.2) is 0 Å². The van der Waals surface area contributed by atoms with Crippen molar-refractivity contribution in [2.75, 3.05) is 13.7 Å².